The van der Waals surface area contributed by atoms with Crippen LogP contribution in [0.25, 0.3) is 10.8 Å². The summed E-state index contributed by atoms with van der Waals surface area (Å²) in [6, 6.07) is 6.03. The van der Waals surface area contributed by atoms with Crippen molar-refractivity contribution in [1.82, 2.24) is 4.98 Å². The van der Waals surface area contributed by atoms with Crippen LogP contribution in [0.4, 0.5) is 0 Å². The minimum Gasteiger partial charge on any atom is -0.326 e. The second-order valence-corrected chi connectivity index (χ2v) is 3.69. The van der Waals surface area contributed by atoms with Crippen LogP contribution < -0.4 is 5.73 Å². The molecule has 0 amide bonds. The van der Waals surface area contributed by atoms with Crippen molar-refractivity contribution in [2.45, 2.75) is 6.54 Å². The molecule has 0 saturated heterocycles. The van der Waals surface area contributed by atoms with Crippen LogP contribution in [0.5, 0.6) is 0 Å². The Morgan fingerprint density at radius 3 is 2.85 bits per heavy atom. The van der Waals surface area contributed by atoms with Crippen molar-refractivity contribution in [1.29, 1.82) is 0 Å². The van der Waals surface area contributed by atoms with Gasteiger partial charge in [0, 0.05) is 28.8 Å². The lowest BCUT2D eigenvalue weighted by Crippen LogP contribution is -1.97. The van der Waals surface area contributed by atoms with Crippen LogP contribution in [-0.4, -0.2) is 4.98 Å². The summed E-state index contributed by atoms with van der Waals surface area (Å²) in [4.78, 5) is 4.08. The molecular formula is C10H9BrN2. The van der Waals surface area contributed by atoms with Crippen molar-refractivity contribution in [3.63, 3.8) is 0 Å². The molecule has 3 heteroatoms. The van der Waals surface area contributed by atoms with Gasteiger partial charge < -0.3 is 5.73 Å². The van der Waals surface area contributed by atoms with Crippen LogP contribution in [0.2, 0.25) is 0 Å². The summed E-state index contributed by atoms with van der Waals surface area (Å²) in [6.45, 7) is 0.563. The predicted molar refractivity (Wildman–Crippen MR) is 57.3 cm³/mol. The van der Waals surface area contributed by atoms with Crippen molar-refractivity contribution in [3.05, 3.63) is 40.6 Å². The van der Waals surface area contributed by atoms with E-state index in [2.05, 4.69) is 20.9 Å². The minimum absolute atomic E-state index is 0.563. The van der Waals surface area contributed by atoms with Gasteiger partial charge in [0.05, 0.1) is 0 Å². The first kappa shape index (κ1) is 8.66. The summed E-state index contributed by atoms with van der Waals surface area (Å²) in [5, 5.41) is 2.29. The zero-order valence-corrected chi connectivity index (χ0v) is 8.58. The first-order valence-electron chi connectivity index (χ1n) is 4.04. The number of halogens is 1. The van der Waals surface area contributed by atoms with Gasteiger partial charge in [-0.3, -0.25) is 4.98 Å². The van der Waals surface area contributed by atoms with E-state index in [0.717, 1.165) is 15.4 Å². The number of hydrogen-bond donors (Lipinski definition) is 1. The van der Waals surface area contributed by atoms with Gasteiger partial charge in [-0.15, -0.1) is 0 Å². The van der Waals surface area contributed by atoms with E-state index in [0.29, 0.717) is 6.54 Å². The van der Waals surface area contributed by atoms with E-state index in [1.165, 1.54) is 5.39 Å². The minimum atomic E-state index is 0.563. The largest absolute Gasteiger partial charge is 0.326 e. The average molecular weight is 237 g/mol. The third-order valence-electron chi connectivity index (χ3n) is 2.08. The van der Waals surface area contributed by atoms with Crippen molar-refractivity contribution in [2.75, 3.05) is 0 Å². The molecule has 2 nitrogen and oxygen atoms in total. The SMILES string of the molecule is NCc1ccc(Br)c2cnccc12. The summed E-state index contributed by atoms with van der Waals surface area (Å²) >= 11 is 3.48. The van der Waals surface area contributed by atoms with Crippen LogP contribution in [0.15, 0.2) is 35.1 Å². The molecule has 1 aromatic carbocycles. The molecule has 0 atom stereocenters. The number of hydrogen-bond acceptors (Lipinski definition) is 2. The van der Waals surface area contributed by atoms with Crippen LogP contribution in [0.3, 0.4) is 0 Å². The van der Waals surface area contributed by atoms with Crippen molar-refractivity contribution in [2.24, 2.45) is 5.73 Å². The molecule has 13 heavy (non-hydrogen) atoms. The van der Waals surface area contributed by atoms with Gasteiger partial charge in [-0.25, -0.2) is 0 Å². The highest BCUT2D eigenvalue weighted by molar-refractivity contribution is 9.10. The molecule has 2 N–H and O–H groups in total. The molecule has 66 valence electrons. The van der Waals surface area contributed by atoms with Crippen LogP contribution in [0.1, 0.15) is 5.56 Å². The highest BCUT2D eigenvalue weighted by Crippen LogP contribution is 2.25. The number of fused-ring (bicyclic) bond motifs is 1. The number of aromatic nitrogens is 1. The van der Waals surface area contributed by atoms with E-state index < -0.39 is 0 Å². The third kappa shape index (κ3) is 1.45. The standard InChI is InChI=1S/C10H9BrN2/c11-10-2-1-7(5-12)8-3-4-13-6-9(8)10/h1-4,6H,5,12H2. The molecule has 0 aliphatic heterocycles. The molecule has 2 aromatic rings. The van der Waals surface area contributed by atoms with Crippen LogP contribution in [-0.2, 0) is 6.54 Å². The fourth-order valence-electron chi connectivity index (χ4n) is 1.40. The lowest BCUT2D eigenvalue weighted by molar-refractivity contribution is 1.08. The molecule has 0 unspecified atom stereocenters. The second-order valence-electron chi connectivity index (χ2n) is 2.83. The Morgan fingerprint density at radius 2 is 2.08 bits per heavy atom. The Kier molecular flexibility index (Phi) is 2.29. The maximum atomic E-state index is 5.63. The molecule has 0 aliphatic carbocycles. The Balaban J connectivity index is 2.84. The number of pyridine rings is 1. The third-order valence-corrected chi connectivity index (χ3v) is 2.77. The van der Waals surface area contributed by atoms with Gasteiger partial charge in [-0.1, -0.05) is 22.0 Å². The maximum Gasteiger partial charge on any atom is 0.0357 e. The van der Waals surface area contributed by atoms with E-state index in [9.17, 15) is 0 Å². The fraction of sp³-hybridized carbons (Fsp3) is 0.100. The number of nitrogens with zero attached hydrogens (tertiary/aromatic N) is 1. The summed E-state index contributed by atoms with van der Waals surface area (Å²) < 4.78 is 1.06. The summed E-state index contributed by atoms with van der Waals surface area (Å²) in [7, 11) is 0. The van der Waals surface area contributed by atoms with Gasteiger partial charge >= 0.3 is 0 Å². The lowest BCUT2D eigenvalue weighted by atomic mass is 10.1. The van der Waals surface area contributed by atoms with Crippen molar-refractivity contribution in [3.8, 4) is 0 Å². The molecule has 0 spiro atoms. The summed E-state index contributed by atoms with van der Waals surface area (Å²) in [5.41, 5.74) is 6.78. The van der Waals surface area contributed by atoms with E-state index >= 15 is 0 Å². The number of nitrogens with two attached hydrogens (primary N) is 1. The van der Waals surface area contributed by atoms with Crippen molar-refractivity contribution < 1.29 is 0 Å². The van der Waals surface area contributed by atoms with E-state index in [1.807, 2.05) is 24.4 Å². The molecule has 1 heterocycles. The highest BCUT2D eigenvalue weighted by atomic mass is 79.9. The molecule has 0 fully saturated rings. The summed E-state index contributed by atoms with van der Waals surface area (Å²) in [6.07, 6.45) is 3.63. The van der Waals surface area contributed by atoms with Crippen LogP contribution >= 0.6 is 15.9 Å². The Bertz CT molecular complexity index is 440. The van der Waals surface area contributed by atoms with Gasteiger partial charge in [-0.2, -0.15) is 0 Å². The summed E-state index contributed by atoms with van der Waals surface area (Å²) in [5.74, 6) is 0. The van der Waals surface area contributed by atoms with Gasteiger partial charge in [0.2, 0.25) is 0 Å². The first-order chi connectivity index (χ1) is 6.33. The molecular weight excluding hydrogens is 228 g/mol. The molecule has 0 aliphatic rings. The second kappa shape index (κ2) is 3.44. The molecule has 0 saturated carbocycles. The Morgan fingerprint density at radius 1 is 1.23 bits per heavy atom. The molecule has 2 rings (SSSR count). The number of rotatable bonds is 1. The topological polar surface area (TPSA) is 38.9 Å². The fourth-order valence-corrected chi connectivity index (χ4v) is 1.84. The lowest BCUT2D eigenvalue weighted by Gasteiger charge is -2.04. The van der Waals surface area contributed by atoms with E-state index in [1.54, 1.807) is 6.20 Å². The van der Waals surface area contributed by atoms with Gasteiger partial charge in [-0.05, 0) is 23.1 Å². The molecule has 0 radical (unpaired) electrons. The van der Waals surface area contributed by atoms with E-state index in [-0.39, 0.29) is 0 Å². The van der Waals surface area contributed by atoms with Crippen LogP contribution in [0, 0.1) is 0 Å². The monoisotopic (exact) mass is 236 g/mol. The average Bonchev–Trinajstić information content (AvgIpc) is 2.19. The highest BCUT2D eigenvalue weighted by Gasteiger charge is 2.01. The van der Waals surface area contributed by atoms with Gasteiger partial charge in [0.15, 0.2) is 0 Å². The zero-order chi connectivity index (χ0) is 9.26. The number of benzene rings is 1. The normalized spacial score (nSPS) is 10.6. The Hall–Kier alpha value is -0.930. The predicted octanol–water partition coefficient (Wildman–Crippen LogP) is 2.46. The van der Waals surface area contributed by atoms with E-state index in [4.69, 9.17) is 5.73 Å². The van der Waals surface area contributed by atoms with Crippen molar-refractivity contribution >= 4 is 26.7 Å². The molecule has 0 bridgehead atoms. The Labute approximate surface area is 84.9 Å². The zero-order valence-electron chi connectivity index (χ0n) is 7.00. The molecule has 1 aromatic heterocycles. The van der Waals surface area contributed by atoms with Gasteiger partial charge in [0.25, 0.3) is 0 Å². The first-order valence-corrected chi connectivity index (χ1v) is 4.83. The smallest absolute Gasteiger partial charge is 0.0357 e. The maximum absolute atomic E-state index is 5.63. The quantitative estimate of drug-likeness (QED) is 0.827. The van der Waals surface area contributed by atoms with Gasteiger partial charge in [0.1, 0.15) is 0 Å².